The lowest BCUT2D eigenvalue weighted by Gasteiger charge is -2.06. The van der Waals surface area contributed by atoms with E-state index in [2.05, 4.69) is 10.1 Å². The van der Waals surface area contributed by atoms with Gasteiger partial charge in [-0.3, -0.25) is 0 Å². The van der Waals surface area contributed by atoms with Gasteiger partial charge in [0.05, 0.1) is 23.3 Å². The maximum Gasteiger partial charge on any atom is 0.338 e. The molecule has 0 aliphatic carbocycles. The predicted octanol–water partition coefficient (Wildman–Crippen LogP) is 1.33. The van der Waals surface area contributed by atoms with Gasteiger partial charge in [-0.2, -0.15) is 0 Å². The quantitative estimate of drug-likeness (QED) is 0.766. The van der Waals surface area contributed by atoms with Crippen LogP contribution in [0.1, 0.15) is 22.8 Å². The molecule has 0 amide bonds. The third-order valence-corrected chi connectivity index (χ3v) is 4.86. The molecule has 2 rings (SSSR count). The molecule has 5 nitrogen and oxygen atoms in total. The van der Waals surface area contributed by atoms with Gasteiger partial charge in [0.25, 0.3) is 0 Å². The lowest BCUT2D eigenvalue weighted by atomic mass is 10.1. The van der Waals surface area contributed by atoms with Crippen molar-refractivity contribution in [2.45, 2.75) is 24.1 Å². The summed E-state index contributed by atoms with van der Waals surface area (Å²) >= 11 is 0. The average molecular weight is 255 g/mol. The number of nitrogens with one attached hydrogen (secondary N) is 1. The normalized spacial score (nSPS) is 20.5. The van der Waals surface area contributed by atoms with Crippen molar-refractivity contribution in [1.29, 1.82) is 0 Å². The minimum Gasteiger partial charge on any atom is -0.465 e. The first-order valence-electron chi connectivity index (χ1n) is 5.11. The van der Waals surface area contributed by atoms with Crippen LogP contribution in [-0.2, 0) is 14.6 Å². The molecule has 0 aromatic heterocycles. The highest BCUT2D eigenvalue weighted by molar-refractivity contribution is 7.92. The standard InChI is InChI=1S/C11H13NO4S/c1-6-4-9-10(5-8(6)11(13)16-3)17(14,15)7(2)12-9/h4-5,7,12H,1-3H3. The topological polar surface area (TPSA) is 72.5 Å². The van der Waals surface area contributed by atoms with Crippen molar-refractivity contribution in [3.05, 3.63) is 23.3 Å². The van der Waals surface area contributed by atoms with Gasteiger partial charge in [0.1, 0.15) is 5.37 Å². The summed E-state index contributed by atoms with van der Waals surface area (Å²) in [5, 5.41) is 2.21. The molecule has 1 N–H and O–H groups in total. The van der Waals surface area contributed by atoms with Gasteiger partial charge < -0.3 is 10.1 Å². The molecule has 1 atom stereocenters. The summed E-state index contributed by atoms with van der Waals surface area (Å²) < 4.78 is 28.5. The van der Waals surface area contributed by atoms with Gasteiger partial charge in [0.15, 0.2) is 0 Å². The van der Waals surface area contributed by atoms with Gasteiger partial charge in [-0.05, 0) is 31.5 Å². The summed E-state index contributed by atoms with van der Waals surface area (Å²) in [5.41, 5.74) is 1.51. The first-order valence-corrected chi connectivity index (χ1v) is 6.66. The van der Waals surface area contributed by atoms with E-state index in [9.17, 15) is 13.2 Å². The summed E-state index contributed by atoms with van der Waals surface area (Å²) in [4.78, 5) is 11.7. The first-order chi connectivity index (χ1) is 7.87. The van der Waals surface area contributed by atoms with Crippen LogP contribution in [0.5, 0.6) is 0 Å². The Balaban J connectivity index is 2.66. The van der Waals surface area contributed by atoms with Crippen LogP contribution in [-0.4, -0.2) is 26.9 Å². The molecule has 1 aliphatic rings. The van der Waals surface area contributed by atoms with Gasteiger partial charge in [-0.1, -0.05) is 0 Å². The van der Waals surface area contributed by atoms with Crippen molar-refractivity contribution in [2.24, 2.45) is 0 Å². The van der Waals surface area contributed by atoms with E-state index in [0.717, 1.165) is 0 Å². The molecule has 1 aliphatic heterocycles. The van der Waals surface area contributed by atoms with E-state index in [1.807, 2.05) is 0 Å². The number of carbonyl (C=O) groups is 1. The van der Waals surface area contributed by atoms with Gasteiger partial charge >= 0.3 is 5.97 Å². The fraction of sp³-hybridized carbons (Fsp3) is 0.364. The molecule has 0 saturated heterocycles. The molecule has 17 heavy (non-hydrogen) atoms. The van der Waals surface area contributed by atoms with Crippen LogP contribution in [0.4, 0.5) is 5.69 Å². The highest BCUT2D eigenvalue weighted by Crippen LogP contribution is 2.35. The second-order valence-corrected chi connectivity index (χ2v) is 6.22. The van der Waals surface area contributed by atoms with E-state index in [0.29, 0.717) is 11.3 Å². The van der Waals surface area contributed by atoms with Crippen molar-refractivity contribution in [1.82, 2.24) is 0 Å². The minimum absolute atomic E-state index is 0.163. The molecular weight excluding hydrogens is 242 g/mol. The summed E-state index contributed by atoms with van der Waals surface area (Å²) in [6.45, 7) is 3.31. The fourth-order valence-electron chi connectivity index (χ4n) is 1.85. The molecule has 0 fully saturated rings. The van der Waals surface area contributed by atoms with Crippen LogP contribution in [0.3, 0.4) is 0 Å². The molecule has 1 unspecified atom stereocenters. The monoisotopic (exact) mass is 255 g/mol. The number of hydrogen-bond donors (Lipinski definition) is 1. The van der Waals surface area contributed by atoms with Crippen LogP contribution >= 0.6 is 0 Å². The zero-order valence-corrected chi connectivity index (χ0v) is 10.6. The number of esters is 1. The van der Waals surface area contributed by atoms with Crippen molar-refractivity contribution in [3.8, 4) is 0 Å². The van der Waals surface area contributed by atoms with Crippen LogP contribution in [0.2, 0.25) is 0 Å². The SMILES string of the molecule is COC(=O)c1cc2c(cc1C)NC(C)S2(=O)=O. The summed E-state index contributed by atoms with van der Waals surface area (Å²) in [6.07, 6.45) is 0. The molecule has 1 heterocycles. The zero-order chi connectivity index (χ0) is 12.8. The van der Waals surface area contributed by atoms with Gasteiger partial charge in [0, 0.05) is 0 Å². The lowest BCUT2D eigenvalue weighted by molar-refractivity contribution is 0.0599. The van der Waals surface area contributed by atoms with Gasteiger partial charge in [-0.15, -0.1) is 0 Å². The average Bonchev–Trinajstić information content (AvgIpc) is 2.48. The van der Waals surface area contributed by atoms with E-state index in [-0.39, 0.29) is 10.5 Å². The Hall–Kier alpha value is -1.56. The number of anilines is 1. The van der Waals surface area contributed by atoms with Crippen molar-refractivity contribution in [2.75, 3.05) is 12.4 Å². The van der Waals surface area contributed by atoms with Crippen LogP contribution < -0.4 is 5.32 Å². The summed E-state index contributed by atoms with van der Waals surface area (Å²) in [6, 6.07) is 3.03. The van der Waals surface area contributed by atoms with Gasteiger partial charge in [-0.25, -0.2) is 13.2 Å². The predicted molar refractivity (Wildman–Crippen MR) is 62.8 cm³/mol. The van der Waals surface area contributed by atoms with E-state index in [1.165, 1.54) is 13.2 Å². The van der Waals surface area contributed by atoms with E-state index in [4.69, 9.17) is 0 Å². The van der Waals surface area contributed by atoms with Crippen molar-refractivity contribution >= 4 is 21.5 Å². The number of ether oxygens (including phenoxy) is 1. The molecule has 6 heteroatoms. The Bertz CT molecular complexity index is 592. The Kier molecular flexibility index (Phi) is 2.61. The van der Waals surface area contributed by atoms with Crippen molar-refractivity contribution in [3.63, 3.8) is 0 Å². The van der Waals surface area contributed by atoms with Crippen LogP contribution in [0.15, 0.2) is 17.0 Å². The van der Waals surface area contributed by atoms with Crippen LogP contribution in [0, 0.1) is 6.92 Å². The van der Waals surface area contributed by atoms with Crippen LogP contribution in [0.25, 0.3) is 0 Å². The molecule has 0 bridgehead atoms. The second kappa shape index (κ2) is 3.73. The number of fused-ring (bicyclic) bond motifs is 1. The van der Waals surface area contributed by atoms with E-state index < -0.39 is 21.2 Å². The second-order valence-electron chi connectivity index (χ2n) is 3.99. The highest BCUT2D eigenvalue weighted by Gasteiger charge is 2.34. The molecule has 1 aromatic rings. The summed E-state index contributed by atoms with van der Waals surface area (Å²) in [7, 11) is -2.12. The number of carbonyl (C=O) groups excluding carboxylic acids is 1. The Morgan fingerprint density at radius 3 is 2.65 bits per heavy atom. The van der Waals surface area contributed by atoms with Gasteiger partial charge in [0.2, 0.25) is 9.84 Å². The Morgan fingerprint density at radius 1 is 1.41 bits per heavy atom. The number of sulfone groups is 1. The number of rotatable bonds is 1. The molecule has 0 radical (unpaired) electrons. The molecule has 1 aromatic carbocycles. The first kappa shape index (κ1) is 11.9. The molecular formula is C11H13NO4S. The largest absolute Gasteiger partial charge is 0.465 e. The van der Waals surface area contributed by atoms with E-state index in [1.54, 1.807) is 19.9 Å². The van der Waals surface area contributed by atoms with Crippen molar-refractivity contribution < 1.29 is 17.9 Å². The minimum atomic E-state index is -3.38. The van der Waals surface area contributed by atoms with E-state index >= 15 is 0 Å². The fourth-order valence-corrected chi connectivity index (χ4v) is 3.22. The Morgan fingerprint density at radius 2 is 2.06 bits per heavy atom. The smallest absolute Gasteiger partial charge is 0.338 e. The third-order valence-electron chi connectivity index (χ3n) is 2.86. The summed E-state index contributed by atoms with van der Waals surface area (Å²) in [5.74, 6) is -0.528. The number of benzene rings is 1. The molecule has 0 spiro atoms. The number of aryl methyl sites for hydroxylation is 1. The third kappa shape index (κ3) is 1.68. The number of methoxy groups -OCH3 is 1. The maximum atomic E-state index is 11.9. The maximum absolute atomic E-state index is 11.9. The Labute approximate surface area is 99.7 Å². The highest BCUT2D eigenvalue weighted by atomic mass is 32.2. The lowest BCUT2D eigenvalue weighted by Crippen LogP contribution is -2.17. The molecule has 0 saturated carbocycles. The molecule has 92 valence electrons. The number of hydrogen-bond acceptors (Lipinski definition) is 5. The zero-order valence-electron chi connectivity index (χ0n) is 9.77.